The van der Waals surface area contributed by atoms with Crippen LogP contribution in [0.3, 0.4) is 0 Å². The zero-order valence-electron chi connectivity index (χ0n) is 11.0. The number of benzene rings is 2. The average molecular weight is 357 g/mol. The Morgan fingerprint density at radius 2 is 1.90 bits per heavy atom. The molecule has 0 spiro atoms. The largest absolute Gasteiger partial charge is 0.308 e. The molecule has 1 atom stereocenters. The van der Waals surface area contributed by atoms with Gasteiger partial charge in [0.1, 0.15) is 5.82 Å². The fourth-order valence-corrected chi connectivity index (χ4v) is 2.71. The number of hydrogen-bond acceptors (Lipinski definition) is 1. The molecule has 106 valence electrons. The minimum atomic E-state index is -0.237. The first kappa shape index (κ1) is 15.5. The summed E-state index contributed by atoms with van der Waals surface area (Å²) in [6, 6.07) is 15.1. The Balaban J connectivity index is 1.93. The van der Waals surface area contributed by atoms with Crippen LogP contribution in [0.2, 0.25) is 0 Å². The lowest BCUT2D eigenvalue weighted by molar-refractivity contribution is 0.548. The van der Waals surface area contributed by atoms with Crippen LogP contribution in [0.25, 0.3) is 0 Å². The molecular formula is C16H16BrClFN. The van der Waals surface area contributed by atoms with E-state index < -0.39 is 0 Å². The molecule has 0 aromatic heterocycles. The van der Waals surface area contributed by atoms with E-state index in [1.807, 2.05) is 18.2 Å². The van der Waals surface area contributed by atoms with Gasteiger partial charge in [-0.1, -0.05) is 52.3 Å². The highest BCUT2D eigenvalue weighted by Gasteiger charge is 2.09. The highest BCUT2D eigenvalue weighted by atomic mass is 79.9. The zero-order valence-corrected chi connectivity index (χ0v) is 13.3. The lowest BCUT2D eigenvalue weighted by atomic mass is 10.1. The summed E-state index contributed by atoms with van der Waals surface area (Å²) < 4.78 is 13.8. The monoisotopic (exact) mass is 355 g/mol. The fraction of sp³-hybridized carbons (Fsp3) is 0.250. The van der Waals surface area contributed by atoms with Crippen LogP contribution in [0, 0.1) is 5.82 Å². The van der Waals surface area contributed by atoms with Crippen molar-refractivity contribution in [2.45, 2.75) is 19.0 Å². The van der Waals surface area contributed by atoms with Gasteiger partial charge in [-0.25, -0.2) is 4.39 Å². The van der Waals surface area contributed by atoms with Crippen LogP contribution >= 0.6 is 27.5 Å². The van der Waals surface area contributed by atoms with Crippen molar-refractivity contribution in [3.63, 3.8) is 0 Å². The Morgan fingerprint density at radius 1 is 1.15 bits per heavy atom. The molecule has 0 heterocycles. The lowest BCUT2D eigenvalue weighted by Crippen LogP contribution is -2.32. The van der Waals surface area contributed by atoms with Gasteiger partial charge in [-0.3, -0.25) is 0 Å². The van der Waals surface area contributed by atoms with Gasteiger partial charge in [-0.05, 0) is 29.7 Å². The quantitative estimate of drug-likeness (QED) is 0.750. The molecule has 0 amide bonds. The maximum Gasteiger partial charge on any atom is 0.124 e. The van der Waals surface area contributed by atoms with Crippen LogP contribution < -0.4 is 5.32 Å². The van der Waals surface area contributed by atoms with E-state index in [2.05, 4.69) is 33.4 Å². The van der Waals surface area contributed by atoms with Gasteiger partial charge in [0.25, 0.3) is 0 Å². The third-order valence-corrected chi connectivity index (χ3v) is 4.22. The van der Waals surface area contributed by atoms with Gasteiger partial charge >= 0.3 is 0 Å². The third kappa shape index (κ3) is 4.58. The summed E-state index contributed by atoms with van der Waals surface area (Å²) in [6.07, 6.45) is 0.878. The van der Waals surface area contributed by atoms with Crippen LogP contribution in [0.5, 0.6) is 0 Å². The number of halogens is 3. The average Bonchev–Trinajstić information content (AvgIpc) is 2.46. The highest BCUT2D eigenvalue weighted by Crippen LogP contribution is 2.18. The standard InChI is InChI=1S/C16H16BrClFN/c17-16-9-14(19)7-6-13(16)11-20-15(10-18)8-12-4-2-1-3-5-12/h1-7,9,15,20H,8,10-11H2. The first-order chi connectivity index (χ1) is 9.69. The molecule has 1 unspecified atom stereocenters. The molecule has 0 radical (unpaired) electrons. The second-order valence-electron chi connectivity index (χ2n) is 4.66. The molecule has 2 aromatic rings. The second kappa shape index (κ2) is 7.77. The van der Waals surface area contributed by atoms with Crippen LogP contribution in [0.15, 0.2) is 53.0 Å². The van der Waals surface area contributed by atoms with E-state index in [1.165, 1.54) is 17.7 Å². The van der Waals surface area contributed by atoms with Gasteiger partial charge in [-0.2, -0.15) is 0 Å². The molecule has 2 rings (SSSR count). The first-order valence-electron chi connectivity index (χ1n) is 6.46. The van der Waals surface area contributed by atoms with Crippen molar-refractivity contribution in [1.82, 2.24) is 5.32 Å². The lowest BCUT2D eigenvalue weighted by Gasteiger charge is -2.17. The summed E-state index contributed by atoms with van der Waals surface area (Å²) in [5.41, 5.74) is 2.28. The molecule has 4 heteroatoms. The molecular weight excluding hydrogens is 341 g/mol. The molecule has 1 nitrogen and oxygen atoms in total. The summed E-state index contributed by atoms with van der Waals surface area (Å²) in [7, 11) is 0. The molecule has 20 heavy (non-hydrogen) atoms. The minimum Gasteiger partial charge on any atom is -0.308 e. The molecule has 0 bridgehead atoms. The topological polar surface area (TPSA) is 12.0 Å². The maximum absolute atomic E-state index is 13.0. The summed E-state index contributed by atoms with van der Waals surface area (Å²) in [5.74, 6) is 0.298. The fourth-order valence-electron chi connectivity index (χ4n) is 2.00. The Morgan fingerprint density at radius 3 is 2.55 bits per heavy atom. The van der Waals surface area contributed by atoms with Gasteiger partial charge < -0.3 is 5.32 Å². The van der Waals surface area contributed by atoms with Crippen molar-refractivity contribution >= 4 is 27.5 Å². The molecule has 2 aromatic carbocycles. The number of nitrogens with one attached hydrogen (secondary N) is 1. The highest BCUT2D eigenvalue weighted by molar-refractivity contribution is 9.10. The minimum absolute atomic E-state index is 0.191. The van der Waals surface area contributed by atoms with Gasteiger partial charge in [0, 0.05) is 22.9 Å². The van der Waals surface area contributed by atoms with Crippen molar-refractivity contribution in [3.8, 4) is 0 Å². The summed E-state index contributed by atoms with van der Waals surface area (Å²) >= 11 is 9.39. The van der Waals surface area contributed by atoms with E-state index in [4.69, 9.17) is 11.6 Å². The summed E-state index contributed by atoms with van der Waals surface area (Å²) in [5, 5.41) is 3.41. The maximum atomic E-state index is 13.0. The normalized spacial score (nSPS) is 12.3. The number of rotatable bonds is 6. The van der Waals surface area contributed by atoms with Crippen molar-refractivity contribution < 1.29 is 4.39 Å². The molecule has 0 aliphatic rings. The molecule has 0 saturated heterocycles. The van der Waals surface area contributed by atoms with E-state index in [0.717, 1.165) is 16.5 Å². The zero-order chi connectivity index (χ0) is 14.4. The second-order valence-corrected chi connectivity index (χ2v) is 5.82. The first-order valence-corrected chi connectivity index (χ1v) is 7.79. The van der Waals surface area contributed by atoms with Gasteiger partial charge in [-0.15, -0.1) is 11.6 Å². The smallest absolute Gasteiger partial charge is 0.124 e. The van der Waals surface area contributed by atoms with E-state index >= 15 is 0 Å². The Hall–Kier alpha value is -0.900. The van der Waals surface area contributed by atoms with E-state index in [-0.39, 0.29) is 11.9 Å². The van der Waals surface area contributed by atoms with E-state index in [0.29, 0.717) is 12.4 Å². The number of hydrogen-bond donors (Lipinski definition) is 1. The molecule has 0 fully saturated rings. The van der Waals surface area contributed by atoms with Crippen molar-refractivity contribution in [3.05, 3.63) is 69.9 Å². The van der Waals surface area contributed by atoms with Crippen LogP contribution in [-0.4, -0.2) is 11.9 Å². The van der Waals surface area contributed by atoms with E-state index in [1.54, 1.807) is 6.07 Å². The van der Waals surface area contributed by atoms with Crippen LogP contribution in [0.4, 0.5) is 4.39 Å². The third-order valence-electron chi connectivity index (χ3n) is 3.11. The predicted octanol–water partition coefficient (Wildman–Crippen LogP) is 4.53. The predicted molar refractivity (Wildman–Crippen MR) is 85.6 cm³/mol. The molecule has 0 saturated carbocycles. The summed E-state index contributed by atoms with van der Waals surface area (Å²) in [4.78, 5) is 0. The van der Waals surface area contributed by atoms with Gasteiger partial charge in [0.05, 0.1) is 0 Å². The van der Waals surface area contributed by atoms with Crippen molar-refractivity contribution in [1.29, 1.82) is 0 Å². The SMILES string of the molecule is Fc1ccc(CNC(CCl)Cc2ccccc2)c(Br)c1. The number of alkyl halides is 1. The van der Waals surface area contributed by atoms with Crippen molar-refractivity contribution in [2.24, 2.45) is 0 Å². The van der Waals surface area contributed by atoms with Gasteiger partial charge in [0.15, 0.2) is 0 Å². The molecule has 0 aliphatic carbocycles. The molecule has 0 aliphatic heterocycles. The Labute approximate surface area is 132 Å². The van der Waals surface area contributed by atoms with E-state index in [9.17, 15) is 4.39 Å². The van der Waals surface area contributed by atoms with Crippen LogP contribution in [-0.2, 0) is 13.0 Å². The van der Waals surface area contributed by atoms with Crippen LogP contribution in [0.1, 0.15) is 11.1 Å². The Bertz CT molecular complexity index is 547. The molecule has 1 N–H and O–H groups in total. The van der Waals surface area contributed by atoms with Gasteiger partial charge in [0.2, 0.25) is 0 Å². The van der Waals surface area contributed by atoms with Crippen molar-refractivity contribution in [2.75, 3.05) is 5.88 Å². The Kier molecular flexibility index (Phi) is 6.02. The summed E-state index contributed by atoms with van der Waals surface area (Å²) in [6.45, 7) is 0.658.